The van der Waals surface area contributed by atoms with Crippen molar-refractivity contribution in [1.29, 1.82) is 0 Å². The lowest BCUT2D eigenvalue weighted by atomic mass is 10.1. The number of imidazole rings is 1. The van der Waals surface area contributed by atoms with Gasteiger partial charge < -0.3 is 10.3 Å². The monoisotopic (exact) mass is 463 g/mol. The molecule has 0 amide bonds. The smallest absolute Gasteiger partial charge is 0.155 e. The Bertz CT molecular complexity index is 1390. The van der Waals surface area contributed by atoms with E-state index < -0.39 is 0 Å². The van der Waals surface area contributed by atoms with Gasteiger partial charge in [0.2, 0.25) is 0 Å². The predicted octanol–water partition coefficient (Wildman–Crippen LogP) is 5.09. The van der Waals surface area contributed by atoms with Crippen LogP contribution in [0, 0.1) is 6.92 Å². The largest absolute Gasteiger partial charge is 0.339 e. The summed E-state index contributed by atoms with van der Waals surface area (Å²) in [6, 6.07) is 15.3. The molecule has 0 spiro atoms. The Kier molecular flexibility index (Phi) is 5.61. The summed E-state index contributed by atoms with van der Waals surface area (Å²) in [5.74, 6) is 0.778. The summed E-state index contributed by atoms with van der Waals surface area (Å²) in [4.78, 5) is 17.2. The summed E-state index contributed by atoms with van der Waals surface area (Å²) in [5.41, 5.74) is 5.96. The fourth-order valence-electron chi connectivity index (χ4n) is 3.55. The lowest BCUT2D eigenvalue weighted by molar-refractivity contribution is 0.669. The van der Waals surface area contributed by atoms with Crippen LogP contribution in [0.25, 0.3) is 28.3 Å². The lowest BCUT2D eigenvalue weighted by Crippen LogP contribution is -2.14. The van der Waals surface area contributed by atoms with Crippen LogP contribution < -0.4 is 5.32 Å². The summed E-state index contributed by atoms with van der Waals surface area (Å²) in [6.07, 6.45) is 3.44. The number of aromatic amines is 1. The van der Waals surface area contributed by atoms with E-state index >= 15 is 0 Å². The average Bonchev–Trinajstić information content (AvgIpc) is 3.42. The Morgan fingerprint density at radius 3 is 2.59 bits per heavy atom. The van der Waals surface area contributed by atoms with Crippen LogP contribution in [-0.2, 0) is 13.1 Å². The van der Waals surface area contributed by atoms with Crippen molar-refractivity contribution in [3.05, 3.63) is 88.2 Å². The number of hydrogen-bond acceptors (Lipinski definition) is 5. The molecule has 5 rings (SSSR count). The zero-order valence-electron chi connectivity index (χ0n) is 17.2. The number of hydrogen-bond donors (Lipinski definition) is 2. The highest BCUT2D eigenvalue weighted by molar-refractivity contribution is 6.35. The second kappa shape index (κ2) is 8.70. The summed E-state index contributed by atoms with van der Waals surface area (Å²) in [6.45, 7) is 3.00. The van der Waals surface area contributed by atoms with Gasteiger partial charge in [0.05, 0.1) is 23.6 Å². The van der Waals surface area contributed by atoms with E-state index in [-0.39, 0.29) is 0 Å². The van der Waals surface area contributed by atoms with Gasteiger partial charge in [-0.25, -0.2) is 14.5 Å². The summed E-state index contributed by atoms with van der Waals surface area (Å²) < 4.78 is 1.73. The summed E-state index contributed by atoms with van der Waals surface area (Å²) >= 11 is 12.6. The predicted molar refractivity (Wildman–Crippen MR) is 126 cm³/mol. The molecule has 1 aromatic carbocycles. The first-order valence-corrected chi connectivity index (χ1v) is 10.8. The lowest BCUT2D eigenvalue weighted by Gasteiger charge is -2.07. The van der Waals surface area contributed by atoms with E-state index in [1.165, 1.54) is 6.33 Å². The summed E-state index contributed by atoms with van der Waals surface area (Å²) in [7, 11) is 0. The molecule has 9 heteroatoms. The Balaban J connectivity index is 1.48. The van der Waals surface area contributed by atoms with Crippen LogP contribution in [0.3, 0.4) is 0 Å². The normalized spacial score (nSPS) is 11.3. The number of nitrogens with one attached hydrogen (secondary N) is 2. The van der Waals surface area contributed by atoms with Crippen molar-refractivity contribution in [2.75, 3.05) is 0 Å². The number of fused-ring (bicyclic) bond motifs is 1. The van der Waals surface area contributed by atoms with E-state index in [0.717, 1.165) is 45.4 Å². The molecule has 0 saturated carbocycles. The van der Waals surface area contributed by atoms with Crippen LogP contribution in [0.15, 0.2) is 61.1 Å². The van der Waals surface area contributed by atoms with Crippen LogP contribution in [0.5, 0.6) is 0 Å². The fraction of sp³-hybridized carbons (Fsp3) is 0.130. The van der Waals surface area contributed by atoms with E-state index in [0.29, 0.717) is 23.1 Å². The van der Waals surface area contributed by atoms with E-state index in [9.17, 15) is 0 Å². The van der Waals surface area contributed by atoms with Gasteiger partial charge in [0.15, 0.2) is 5.65 Å². The van der Waals surface area contributed by atoms with Crippen molar-refractivity contribution in [3.63, 3.8) is 0 Å². The van der Waals surface area contributed by atoms with Gasteiger partial charge in [-0.05, 0) is 43.3 Å². The highest BCUT2D eigenvalue weighted by Crippen LogP contribution is 2.30. The minimum absolute atomic E-state index is 0.506. The minimum atomic E-state index is 0.506. The van der Waals surface area contributed by atoms with Gasteiger partial charge in [-0.1, -0.05) is 35.3 Å². The van der Waals surface area contributed by atoms with Crippen LogP contribution in [-0.4, -0.2) is 29.5 Å². The standard InChI is InChI=1S/C23H19Cl2N7/c1-14-4-2-7-19(29-14)23-22(15-8-9-21-27-13-28-32(21)12-15)30-20(31-23)11-26-10-16-17(24)5-3-6-18(16)25/h2-9,12-13,26H,10-11H2,1H3,(H,30,31). The molecule has 4 heterocycles. The molecule has 0 aliphatic heterocycles. The van der Waals surface area contributed by atoms with Crippen molar-refractivity contribution in [3.8, 4) is 22.6 Å². The maximum absolute atomic E-state index is 6.28. The third kappa shape index (κ3) is 4.10. The van der Waals surface area contributed by atoms with Crippen molar-refractivity contribution in [1.82, 2.24) is 34.9 Å². The molecule has 0 atom stereocenters. The molecule has 0 aliphatic rings. The number of aromatic nitrogens is 6. The van der Waals surface area contributed by atoms with Crippen molar-refractivity contribution < 1.29 is 0 Å². The van der Waals surface area contributed by atoms with Crippen molar-refractivity contribution >= 4 is 28.8 Å². The number of rotatable bonds is 6. The van der Waals surface area contributed by atoms with E-state index in [4.69, 9.17) is 28.2 Å². The fourth-order valence-corrected chi connectivity index (χ4v) is 4.08. The minimum Gasteiger partial charge on any atom is -0.339 e. The number of H-pyrrole nitrogens is 1. The Morgan fingerprint density at radius 2 is 1.78 bits per heavy atom. The van der Waals surface area contributed by atoms with Crippen molar-refractivity contribution in [2.24, 2.45) is 0 Å². The number of pyridine rings is 2. The molecule has 160 valence electrons. The van der Waals surface area contributed by atoms with Gasteiger partial charge in [0.1, 0.15) is 12.2 Å². The number of halogens is 2. The molecule has 0 unspecified atom stereocenters. The van der Waals surface area contributed by atoms with Crippen LogP contribution >= 0.6 is 23.2 Å². The molecule has 5 aromatic rings. The Morgan fingerprint density at radius 1 is 0.969 bits per heavy atom. The molecule has 32 heavy (non-hydrogen) atoms. The highest BCUT2D eigenvalue weighted by Gasteiger charge is 2.16. The third-order valence-corrected chi connectivity index (χ3v) is 5.81. The SMILES string of the molecule is Cc1cccc(-c2[nH]c(CNCc3c(Cl)cccc3Cl)nc2-c2ccc3ncnn3c2)n1. The zero-order valence-corrected chi connectivity index (χ0v) is 18.7. The first-order chi connectivity index (χ1) is 15.6. The molecular formula is C23H19Cl2N7. The van der Waals surface area contributed by atoms with Gasteiger partial charge in [0.25, 0.3) is 0 Å². The van der Waals surface area contributed by atoms with Crippen LogP contribution in [0.1, 0.15) is 17.1 Å². The van der Waals surface area contributed by atoms with Gasteiger partial charge in [-0.3, -0.25) is 4.98 Å². The number of benzene rings is 1. The zero-order chi connectivity index (χ0) is 22.1. The number of nitrogens with zero attached hydrogens (tertiary/aromatic N) is 5. The molecule has 0 saturated heterocycles. The Labute approximate surface area is 194 Å². The molecule has 2 N–H and O–H groups in total. The Hall–Kier alpha value is -3.26. The molecule has 0 bridgehead atoms. The molecule has 0 radical (unpaired) electrons. The molecule has 4 aromatic heterocycles. The van der Waals surface area contributed by atoms with Gasteiger partial charge in [0, 0.05) is 39.6 Å². The van der Waals surface area contributed by atoms with Gasteiger partial charge >= 0.3 is 0 Å². The van der Waals surface area contributed by atoms with Crippen molar-refractivity contribution in [2.45, 2.75) is 20.0 Å². The van der Waals surface area contributed by atoms with E-state index in [2.05, 4.69) is 25.4 Å². The first-order valence-electron chi connectivity index (χ1n) is 10.0. The number of aryl methyl sites for hydroxylation is 1. The van der Waals surface area contributed by atoms with Gasteiger partial charge in [-0.15, -0.1) is 0 Å². The summed E-state index contributed by atoms with van der Waals surface area (Å²) in [5, 5.41) is 8.88. The van der Waals surface area contributed by atoms with E-state index in [1.54, 1.807) is 4.52 Å². The molecule has 7 nitrogen and oxygen atoms in total. The van der Waals surface area contributed by atoms with Crippen LogP contribution in [0.4, 0.5) is 0 Å². The highest BCUT2D eigenvalue weighted by atomic mass is 35.5. The van der Waals surface area contributed by atoms with Gasteiger partial charge in [-0.2, -0.15) is 5.10 Å². The molecule has 0 aliphatic carbocycles. The van der Waals surface area contributed by atoms with E-state index in [1.807, 2.05) is 61.7 Å². The molecule has 0 fully saturated rings. The third-order valence-electron chi connectivity index (χ3n) is 5.10. The maximum atomic E-state index is 6.28. The average molecular weight is 464 g/mol. The first kappa shape index (κ1) is 20.6. The topological polar surface area (TPSA) is 83.8 Å². The second-order valence-corrected chi connectivity index (χ2v) is 8.17. The second-order valence-electron chi connectivity index (χ2n) is 7.36. The maximum Gasteiger partial charge on any atom is 0.155 e. The quantitative estimate of drug-likeness (QED) is 0.366. The molecular weight excluding hydrogens is 445 g/mol. The van der Waals surface area contributed by atoms with Crippen LogP contribution in [0.2, 0.25) is 10.0 Å².